The third kappa shape index (κ3) is 7.31. The van der Waals surface area contributed by atoms with E-state index < -0.39 is 20.3 Å². The monoisotopic (exact) mass is 624 g/mol. The second-order valence-corrected chi connectivity index (χ2v) is 18.2. The molecule has 0 aliphatic heterocycles. The van der Waals surface area contributed by atoms with Crippen molar-refractivity contribution < 1.29 is 18.7 Å². The fraction of sp³-hybridized carbons (Fsp3) is 0.516. The predicted molar refractivity (Wildman–Crippen MR) is 174 cm³/mol. The first kappa shape index (κ1) is 32.7. The van der Waals surface area contributed by atoms with Crippen LogP contribution in [0.2, 0.25) is 16.6 Å². The summed E-state index contributed by atoms with van der Waals surface area (Å²) in [4.78, 5) is 26.7. The van der Waals surface area contributed by atoms with E-state index in [0.717, 1.165) is 16.8 Å². The van der Waals surface area contributed by atoms with E-state index in [-0.39, 0.29) is 18.6 Å². The molecular weight excluding hydrogens is 581 g/mol. The lowest BCUT2D eigenvalue weighted by Gasteiger charge is -2.42. The van der Waals surface area contributed by atoms with Gasteiger partial charge in [0.15, 0.2) is 14.0 Å². The van der Waals surface area contributed by atoms with Crippen LogP contribution in [0.5, 0.6) is 5.88 Å². The van der Waals surface area contributed by atoms with Gasteiger partial charge < -0.3 is 19.2 Å². The minimum Gasteiger partial charge on any atom is -0.461 e. The van der Waals surface area contributed by atoms with Crippen molar-refractivity contribution in [2.45, 2.75) is 91.1 Å². The molecule has 4 heterocycles. The average Bonchev–Trinajstić information content (AvgIpc) is 3.58. The number of carbonyl (C=O) groups excluding carboxylic acids is 1. The number of rotatable bonds is 14. The zero-order chi connectivity index (χ0) is 31.3. The van der Waals surface area contributed by atoms with Crippen LogP contribution < -0.4 is 10.1 Å². The highest BCUT2D eigenvalue weighted by molar-refractivity contribution is 7.08. The smallest absolute Gasteiger partial charge is 0.269 e. The van der Waals surface area contributed by atoms with Gasteiger partial charge in [0.1, 0.15) is 17.5 Å². The Morgan fingerprint density at radius 1 is 0.953 bits per heavy atom. The van der Waals surface area contributed by atoms with Crippen LogP contribution in [0.4, 0.5) is 5.82 Å². The van der Waals surface area contributed by atoms with Crippen LogP contribution in [-0.4, -0.2) is 64.4 Å². The van der Waals surface area contributed by atoms with Gasteiger partial charge in [-0.25, -0.2) is 19.6 Å². The second kappa shape index (κ2) is 14.1. The first-order valence-corrected chi connectivity index (χ1v) is 17.9. The minimum absolute atomic E-state index is 0.00884. The first-order valence-electron chi connectivity index (χ1n) is 14.8. The fourth-order valence-electron chi connectivity index (χ4n) is 5.77. The molecular formula is C31H44N6O4SSi. The molecule has 0 aromatic carbocycles. The number of pyridine rings is 1. The number of nitrogens with zero attached hydrogens (tertiary/aromatic N) is 5. The van der Waals surface area contributed by atoms with Crippen LogP contribution in [0.15, 0.2) is 41.6 Å². The second-order valence-electron chi connectivity index (χ2n) is 12.0. The summed E-state index contributed by atoms with van der Waals surface area (Å²) in [5.74, 6) is 0.280. The first-order chi connectivity index (χ1) is 20.4. The number of aryl methyl sites for hydroxylation is 2. The molecule has 0 saturated carbocycles. The topological polar surface area (TPSA) is 113 Å². The summed E-state index contributed by atoms with van der Waals surface area (Å²) in [6, 6.07) is 3.64. The number of ether oxygens (including phenoxy) is 2. The van der Waals surface area contributed by atoms with Crippen molar-refractivity contribution in [2.24, 2.45) is 0 Å². The van der Waals surface area contributed by atoms with Crippen LogP contribution in [0.3, 0.4) is 0 Å². The van der Waals surface area contributed by atoms with E-state index in [4.69, 9.17) is 13.9 Å². The van der Waals surface area contributed by atoms with Crippen molar-refractivity contribution in [3.63, 3.8) is 0 Å². The Kier molecular flexibility index (Phi) is 10.7. The van der Waals surface area contributed by atoms with Crippen LogP contribution >= 0.6 is 11.3 Å². The largest absolute Gasteiger partial charge is 0.461 e. The highest BCUT2D eigenvalue weighted by Crippen LogP contribution is 2.42. The summed E-state index contributed by atoms with van der Waals surface area (Å²) in [7, 11) is -2.06. The van der Waals surface area contributed by atoms with E-state index in [1.165, 1.54) is 6.33 Å². The van der Waals surface area contributed by atoms with Gasteiger partial charge in [-0.05, 0) is 60.0 Å². The maximum absolute atomic E-state index is 13.5. The molecule has 0 bridgehead atoms. The number of hydrogen-bond donors (Lipinski definition) is 1. The number of fused-ring (bicyclic) bond motifs is 1. The van der Waals surface area contributed by atoms with E-state index in [9.17, 15) is 4.79 Å². The zero-order valence-electron chi connectivity index (χ0n) is 26.6. The third-order valence-corrected chi connectivity index (χ3v) is 14.8. The molecule has 43 heavy (non-hydrogen) atoms. The lowest BCUT2D eigenvalue weighted by atomic mass is 10.3. The molecule has 4 rings (SSSR count). The van der Waals surface area contributed by atoms with Gasteiger partial charge in [-0.3, -0.25) is 4.79 Å². The molecule has 1 N–H and O–H groups in total. The minimum atomic E-state index is -2.06. The van der Waals surface area contributed by atoms with Crippen molar-refractivity contribution in [1.82, 2.24) is 24.7 Å². The maximum Gasteiger partial charge on any atom is 0.269 e. The lowest BCUT2D eigenvalue weighted by molar-refractivity contribution is -0.127. The van der Waals surface area contributed by atoms with Crippen LogP contribution in [0.1, 0.15) is 59.6 Å². The highest BCUT2D eigenvalue weighted by atomic mass is 32.1. The molecule has 0 unspecified atom stereocenters. The third-order valence-electron chi connectivity index (χ3n) is 7.90. The Morgan fingerprint density at radius 2 is 1.67 bits per heavy atom. The Balaban J connectivity index is 1.54. The van der Waals surface area contributed by atoms with Gasteiger partial charge in [0.2, 0.25) is 12.0 Å². The van der Waals surface area contributed by atoms with E-state index in [1.54, 1.807) is 34.5 Å². The summed E-state index contributed by atoms with van der Waals surface area (Å²) in [6.07, 6.45) is 3.50. The number of thiophene rings is 1. The normalized spacial score (nSPS) is 13.7. The number of aromatic nitrogens is 5. The van der Waals surface area contributed by atoms with Gasteiger partial charge in [-0.15, -0.1) is 11.3 Å². The number of amides is 1. The lowest BCUT2D eigenvalue weighted by Crippen LogP contribution is -2.49. The Hall–Kier alpha value is -3.19. The molecule has 0 aliphatic carbocycles. The molecule has 0 fully saturated rings. The van der Waals surface area contributed by atoms with Gasteiger partial charge >= 0.3 is 0 Å². The van der Waals surface area contributed by atoms with Crippen molar-refractivity contribution in [1.29, 1.82) is 0 Å². The molecule has 0 spiro atoms. The molecule has 1 amide bonds. The van der Waals surface area contributed by atoms with Crippen LogP contribution in [-0.2, 0) is 14.0 Å². The Labute approximate surface area is 259 Å². The standard InChI is InChI=1S/C31H44N6O4SSi/c1-19(2)43(20(3)4,21(5)6)40-14-24(9)39-15-27(30(38)36-28-11-10-22(7)12-32-28)41-31-25-13-35-37(29(25)33-18-34-31)26-17-42-16-23(26)8/h10-13,16-21,24,27H,14-15H2,1-9H3,(H,32,36,38)/t24-,27+/m1/s1. The van der Waals surface area contributed by atoms with Gasteiger partial charge in [0.25, 0.3) is 5.91 Å². The van der Waals surface area contributed by atoms with E-state index in [1.807, 2.05) is 32.2 Å². The van der Waals surface area contributed by atoms with Crippen molar-refractivity contribution >= 4 is 42.4 Å². The SMILES string of the molecule is Cc1ccc(NC(=O)[C@H](CO[C@H](C)CO[Si](C(C)C)(C(C)C)C(C)C)Oc2ncnc3c2cnn3-c2cscc2C)nc1. The zero-order valence-corrected chi connectivity index (χ0v) is 28.4. The molecule has 0 aliphatic rings. The van der Waals surface area contributed by atoms with Gasteiger partial charge in [0, 0.05) is 11.6 Å². The molecule has 4 aromatic rings. The van der Waals surface area contributed by atoms with Crippen LogP contribution in [0, 0.1) is 13.8 Å². The number of hydrogen-bond acceptors (Lipinski definition) is 9. The fourth-order valence-corrected chi connectivity index (χ4v) is 12.1. The summed E-state index contributed by atoms with van der Waals surface area (Å²) >= 11 is 1.59. The van der Waals surface area contributed by atoms with Crippen LogP contribution in [0.25, 0.3) is 16.7 Å². The van der Waals surface area contributed by atoms with E-state index >= 15 is 0 Å². The number of carbonyl (C=O) groups is 1. The van der Waals surface area contributed by atoms with Crippen molar-refractivity contribution in [3.05, 3.63) is 52.7 Å². The maximum atomic E-state index is 13.5. The number of anilines is 1. The predicted octanol–water partition coefficient (Wildman–Crippen LogP) is 6.87. The van der Waals surface area contributed by atoms with Gasteiger partial charge in [0.05, 0.1) is 31.2 Å². The molecule has 0 saturated heterocycles. The molecule has 2 atom stereocenters. The highest BCUT2D eigenvalue weighted by Gasteiger charge is 2.45. The Bertz CT molecular complexity index is 1480. The average molecular weight is 625 g/mol. The van der Waals surface area contributed by atoms with E-state index in [2.05, 4.69) is 72.3 Å². The van der Waals surface area contributed by atoms with Gasteiger partial charge in [-0.1, -0.05) is 47.6 Å². The Morgan fingerprint density at radius 3 is 2.28 bits per heavy atom. The summed E-state index contributed by atoms with van der Waals surface area (Å²) in [5, 5.41) is 12.1. The summed E-state index contributed by atoms with van der Waals surface area (Å²) in [5.41, 5.74) is 4.99. The molecule has 0 radical (unpaired) electrons. The molecule has 12 heteroatoms. The van der Waals surface area contributed by atoms with Crippen molar-refractivity contribution in [3.8, 4) is 11.6 Å². The summed E-state index contributed by atoms with van der Waals surface area (Å²) < 4.78 is 21.0. The summed E-state index contributed by atoms with van der Waals surface area (Å²) in [6.45, 7) is 19.9. The molecule has 10 nitrogen and oxygen atoms in total. The van der Waals surface area contributed by atoms with Gasteiger partial charge in [-0.2, -0.15) is 5.10 Å². The number of nitrogens with one attached hydrogen (secondary N) is 1. The molecule has 232 valence electrons. The quantitative estimate of drug-likeness (QED) is 0.151. The molecule has 4 aromatic heterocycles. The van der Waals surface area contributed by atoms with E-state index in [0.29, 0.717) is 40.1 Å². The van der Waals surface area contributed by atoms with Crippen molar-refractivity contribution in [2.75, 3.05) is 18.5 Å².